The van der Waals surface area contributed by atoms with E-state index in [-0.39, 0.29) is 5.41 Å². The van der Waals surface area contributed by atoms with Crippen LogP contribution in [0.4, 0.5) is 0 Å². The molecular weight excluding hydrogens is 156 g/mol. The Hall–Kier alpha value is -0.780. The van der Waals surface area contributed by atoms with E-state index in [0.717, 1.165) is 6.42 Å². The maximum atomic E-state index is 2.24. The first kappa shape index (κ1) is 12.2. The highest BCUT2D eigenvalue weighted by atomic mass is 14.2. The van der Waals surface area contributed by atoms with E-state index in [9.17, 15) is 0 Å². The highest BCUT2D eigenvalue weighted by Gasteiger charge is 2.13. The summed E-state index contributed by atoms with van der Waals surface area (Å²) < 4.78 is 0. The standard InChI is InChI=1S/C11H16.C2H6/c1-11(2,3)10-8-6-4-5-7-9-10;1-2/h4,6-9H,5H2,1-3H3;1-2H3. The molecule has 0 aromatic rings. The van der Waals surface area contributed by atoms with Crippen molar-refractivity contribution < 1.29 is 0 Å². The third kappa shape index (κ3) is 4.72. The molecular formula is C13H22. The van der Waals surface area contributed by atoms with Gasteiger partial charge in [0.2, 0.25) is 0 Å². The maximum Gasteiger partial charge on any atom is -0.0132 e. The van der Waals surface area contributed by atoms with Crippen molar-refractivity contribution in [1.82, 2.24) is 0 Å². The Labute approximate surface area is 83.0 Å². The number of hydrogen-bond acceptors (Lipinski definition) is 0. The van der Waals surface area contributed by atoms with Crippen molar-refractivity contribution in [2.45, 2.75) is 41.0 Å². The molecule has 0 amide bonds. The summed E-state index contributed by atoms with van der Waals surface area (Å²) in [5, 5.41) is 0. The van der Waals surface area contributed by atoms with Gasteiger partial charge in [-0.1, -0.05) is 65.0 Å². The third-order valence-corrected chi connectivity index (χ3v) is 1.85. The van der Waals surface area contributed by atoms with Crippen molar-refractivity contribution in [3.8, 4) is 0 Å². The van der Waals surface area contributed by atoms with E-state index in [2.05, 4.69) is 51.2 Å². The molecule has 0 atom stereocenters. The summed E-state index contributed by atoms with van der Waals surface area (Å²) in [6, 6.07) is 0. The summed E-state index contributed by atoms with van der Waals surface area (Å²) in [7, 11) is 0. The molecule has 0 saturated heterocycles. The lowest BCUT2D eigenvalue weighted by atomic mass is 9.86. The second-order valence-electron chi connectivity index (χ2n) is 3.94. The van der Waals surface area contributed by atoms with Crippen LogP contribution in [0.1, 0.15) is 41.0 Å². The normalized spacial score (nSPS) is 15.6. The van der Waals surface area contributed by atoms with E-state index >= 15 is 0 Å². The second kappa shape index (κ2) is 5.80. The van der Waals surface area contributed by atoms with E-state index in [1.807, 2.05) is 13.8 Å². The van der Waals surface area contributed by atoms with Gasteiger partial charge in [-0.05, 0) is 17.4 Å². The van der Waals surface area contributed by atoms with Crippen molar-refractivity contribution in [3.05, 3.63) is 36.0 Å². The van der Waals surface area contributed by atoms with Crippen LogP contribution < -0.4 is 0 Å². The third-order valence-electron chi connectivity index (χ3n) is 1.85. The molecule has 0 saturated carbocycles. The molecule has 0 bridgehead atoms. The van der Waals surface area contributed by atoms with Crippen LogP contribution in [0.5, 0.6) is 0 Å². The van der Waals surface area contributed by atoms with E-state index in [1.165, 1.54) is 5.57 Å². The molecule has 0 fully saturated rings. The van der Waals surface area contributed by atoms with Crippen molar-refractivity contribution in [2.24, 2.45) is 5.41 Å². The first-order valence-electron chi connectivity index (χ1n) is 5.14. The Morgan fingerprint density at radius 2 is 1.69 bits per heavy atom. The Morgan fingerprint density at radius 3 is 2.23 bits per heavy atom. The molecule has 0 heterocycles. The number of hydrogen-bond donors (Lipinski definition) is 0. The largest absolute Gasteiger partial charge is 0.0807 e. The van der Waals surface area contributed by atoms with Gasteiger partial charge in [0, 0.05) is 0 Å². The molecule has 0 nitrogen and oxygen atoms in total. The summed E-state index contributed by atoms with van der Waals surface area (Å²) in [4.78, 5) is 0. The summed E-state index contributed by atoms with van der Waals surface area (Å²) >= 11 is 0. The average Bonchev–Trinajstić information content (AvgIpc) is 2.34. The van der Waals surface area contributed by atoms with Gasteiger partial charge < -0.3 is 0 Å². The minimum Gasteiger partial charge on any atom is -0.0807 e. The van der Waals surface area contributed by atoms with Crippen LogP contribution in [0.3, 0.4) is 0 Å². The lowest BCUT2D eigenvalue weighted by molar-refractivity contribution is 0.517. The molecule has 0 radical (unpaired) electrons. The molecule has 1 aliphatic rings. The zero-order chi connectivity index (χ0) is 10.3. The molecule has 0 unspecified atom stereocenters. The van der Waals surface area contributed by atoms with Gasteiger partial charge in [-0.25, -0.2) is 0 Å². The van der Waals surface area contributed by atoms with Gasteiger partial charge in [0.25, 0.3) is 0 Å². The topological polar surface area (TPSA) is 0 Å². The van der Waals surface area contributed by atoms with Crippen LogP contribution in [0.2, 0.25) is 0 Å². The van der Waals surface area contributed by atoms with Gasteiger partial charge in [-0.2, -0.15) is 0 Å². The molecule has 0 heteroatoms. The smallest absolute Gasteiger partial charge is 0.0132 e. The lowest BCUT2D eigenvalue weighted by Crippen LogP contribution is -2.06. The lowest BCUT2D eigenvalue weighted by Gasteiger charge is -2.19. The minimum absolute atomic E-state index is 0.283. The van der Waals surface area contributed by atoms with Crippen LogP contribution in [-0.2, 0) is 0 Å². The van der Waals surface area contributed by atoms with Crippen LogP contribution in [-0.4, -0.2) is 0 Å². The van der Waals surface area contributed by atoms with E-state index in [0.29, 0.717) is 0 Å². The summed E-state index contributed by atoms with van der Waals surface area (Å²) in [6.07, 6.45) is 12.0. The summed E-state index contributed by atoms with van der Waals surface area (Å²) in [6.45, 7) is 10.7. The summed E-state index contributed by atoms with van der Waals surface area (Å²) in [5.41, 5.74) is 1.69. The van der Waals surface area contributed by atoms with Gasteiger partial charge in [0.05, 0.1) is 0 Å². The molecule has 0 aromatic carbocycles. The first-order valence-corrected chi connectivity index (χ1v) is 5.14. The monoisotopic (exact) mass is 178 g/mol. The van der Waals surface area contributed by atoms with Gasteiger partial charge in [0.1, 0.15) is 0 Å². The van der Waals surface area contributed by atoms with Crippen LogP contribution >= 0.6 is 0 Å². The fourth-order valence-electron chi connectivity index (χ4n) is 1.08. The van der Waals surface area contributed by atoms with Crippen LogP contribution in [0, 0.1) is 5.41 Å². The Kier molecular flexibility index (Phi) is 5.45. The maximum absolute atomic E-state index is 2.24. The zero-order valence-corrected chi connectivity index (χ0v) is 9.59. The SMILES string of the molecule is CC.CC(C)(C)C1=CC=CCC=C1. The minimum atomic E-state index is 0.283. The molecule has 0 aliphatic heterocycles. The highest BCUT2D eigenvalue weighted by Crippen LogP contribution is 2.27. The quantitative estimate of drug-likeness (QED) is 0.512. The summed E-state index contributed by atoms with van der Waals surface area (Å²) in [5.74, 6) is 0. The molecule has 0 aromatic heterocycles. The second-order valence-corrected chi connectivity index (χ2v) is 3.94. The van der Waals surface area contributed by atoms with E-state index in [1.54, 1.807) is 0 Å². The molecule has 1 rings (SSSR count). The zero-order valence-electron chi connectivity index (χ0n) is 9.59. The average molecular weight is 178 g/mol. The van der Waals surface area contributed by atoms with Crippen LogP contribution in [0.25, 0.3) is 0 Å². The molecule has 1 aliphatic carbocycles. The van der Waals surface area contributed by atoms with Gasteiger partial charge in [-0.15, -0.1) is 0 Å². The highest BCUT2D eigenvalue weighted by molar-refractivity contribution is 5.31. The molecule has 0 N–H and O–H groups in total. The molecule has 0 spiro atoms. The van der Waals surface area contributed by atoms with Gasteiger partial charge >= 0.3 is 0 Å². The predicted molar refractivity (Wildman–Crippen MR) is 61.8 cm³/mol. The van der Waals surface area contributed by atoms with Gasteiger partial charge in [0.15, 0.2) is 0 Å². The first-order chi connectivity index (χ1) is 6.11. The number of rotatable bonds is 0. The Bertz CT molecular complexity index is 209. The van der Waals surface area contributed by atoms with E-state index < -0.39 is 0 Å². The van der Waals surface area contributed by atoms with E-state index in [4.69, 9.17) is 0 Å². The van der Waals surface area contributed by atoms with Crippen molar-refractivity contribution in [3.63, 3.8) is 0 Å². The fourth-order valence-corrected chi connectivity index (χ4v) is 1.08. The van der Waals surface area contributed by atoms with Crippen molar-refractivity contribution in [1.29, 1.82) is 0 Å². The van der Waals surface area contributed by atoms with Crippen molar-refractivity contribution >= 4 is 0 Å². The molecule has 13 heavy (non-hydrogen) atoms. The molecule has 74 valence electrons. The predicted octanol–water partition coefficient (Wildman–Crippen LogP) is 4.50. The fraction of sp³-hybridized carbons (Fsp3) is 0.538. The number of allylic oxidation sites excluding steroid dienone is 6. The Morgan fingerprint density at radius 1 is 1.08 bits per heavy atom. The Balaban J connectivity index is 0.000000671. The van der Waals surface area contributed by atoms with Gasteiger partial charge in [-0.3, -0.25) is 0 Å². The van der Waals surface area contributed by atoms with Crippen LogP contribution in [0.15, 0.2) is 36.0 Å². The van der Waals surface area contributed by atoms with Crippen molar-refractivity contribution in [2.75, 3.05) is 0 Å².